The first kappa shape index (κ1) is 15.0. The van der Waals surface area contributed by atoms with Crippen molar-refractivity contribution in [1.82, 2.24) is 9.97 Å². The van der Waals surface area contributed by atoms with E-state index in [1.807, 2.05) is 0 Å². The van der Waals surface area contributed by atoms with Gasteiger partial charge in [0.05, 0.1) is 0 Å². The molecule has 0 spiro atoms. The highest BCUT2D eigenvalue weighted by atomic mass is 15.3. The smallest absolute Gasteiger partial charge is 0.148 e. The summed E-state index contributed by atoms with van der Waals surface area (Å²) in [5, 5.41) is 0. The van der Waals surface area contributed by atoms with Gasteiger partial charge in [0.25, 0.3) is 0 Å². The van der Waals surface area contributed by atoms with Gasteiger partial charge in [0, 0.05) is 24.6 Å². The van der Waals surface area contributed by atoms with E-state index in [9.17, 15) is 0 Å². The van der Waals surface area contributed by atoms with E-state index in [0.717, 1.165) is 42.4 Å². The van der Waals surface area contributed by atoms with Crippen molar-refractivity contribution in [2.45, 2.75) is 59.4 Å². The van der Waals surface area contributed by atoms with Crippen LogP contribution < -0.4 is 16.2 Å². The summed E-state index contributed by atoms with van der Waals surface area (Å²) in [6.07, 6.45) is 4.47. The summed E-state index contributed by atoms with van der Waals surface area (Å²) in [7, 11) is 0. The molecule has 0 unspecified atom stereocenters. The topological polar surface area (TPSA) is 67.1 Å². The van der Waals surface area contributed by atoms with E-state index < -0.39 is 0 Å². The van der Waals surface area contributed by atoms with Crippen LogP contribution in [-0.4, -0.2) is 22.6 Å². The molecular weight excluding hydrogens is 250 g/mol. The van der Waals surface area contributed by atoms with Crippen molar-refractivity contribution >= 4 is 11.6 Å². The molecule has 1 fully saturated rings. The summed E-state index contributed by atoms with van der Waals surface area (Å²) in [5.74, 6) is 8.94. The number of nitrogens with one attached hydrogen (secondary N) is 1. The highest BCUT2D eigenvalue weighted by Gasteiger charge is 2.32. The molecule has 5 heteroatoms. The number of hydrazine groups is 1. The van der Waals surface area contributed by atoms with Crippen LogP contribution in [-0.2, 0) is 6.42 Å². The predicted octanol–water partition coefficient (Wildman–Crippen LogP) is 2.65. The van der Waals surface area contributed by atoms with E-state index >= 15 is 0 Å². The van der Waals surface area contributed by atoms with Crippen molar-refractivity contribution in [1.29, 1.82) is 0 Å². The third kappa shape index (κ3) is 3.39. The van der Waals surface area contributed by atoms with E-state index in [1.165, 1.54) is 12.8 Å². The monoisotopic (exact) mass is 277 g/mol. The predicted molar refractivity (Wildman–Crippen MR) is 83.8 cm³/mol. The van der Waals surface area contributed by atoms with Crippen LogP contribution in [0.25, 0.3) is 0 Å². The molecule has 20 heavy (non-hydrogen) atoms. The Morgan fingerprint density at radius 1 is 1.35 bits per heavy atom. The minimum atomic E-state index is 0.619. The first-order valence-electron chi connectivity index (χ1n) is 7.67. The Morgan fingerprint density at radius 3 is 2.55 bits per heavy atom. The van der Waals surface area contributed by atoms with E-state index in [2.05, 4.69) is 43.0 Å². The summed E-state index contributed by atoms with van der Waals surface area (Å²) in [6, 6.07) is 0.645. The third-order valence-electron chi connectivity index (χ3n) is 3.60. The van der Waals surface area contributed by atoms with Crippen LogP contribution in [0.15, 0.2) is 0 Å². The van der Waals surface area contributed by atoms with E-state index in [1.54, 1.807) is 0 Å². The lowest BCUT2D eigenvalue weighted by molar-refractivity contribution is 0.599. The van der Waals surface area contributed by atoms with Crippen molar-refractivity contribution in [3.05, 3.63) is 11.4 Å². The molecule has 3 N–H and O–H groups in total. The first-order chi connectivity index (χ1) is 9.56. The highest BCUT2D eigenvalue weighted by molar-refractivity contribution is 5.59. The lowest BCUT2D eigenvalue weighted by Crippen LogP contribution is -2.32. The Labute approximate surface area is 121 Å². The summed E-state index contributed by atoms with van der Waals surface area (Å²) >= 11 is 0. The zero-order valence-corrected chi connectivity index (χ0v) is 13.1. The summed E-state index contributed by atoms with van der Waals surface area (Å²) in [5.41, 5.74) is 3.78. The van der Waals surface area contributed by atoms with Crippen molar-refractivity contribution in [3.63, 3.8) is 0 Å². The number of anilines is 2. The fraction of sp³-hybridized carbons (Fsp3) is 0.733. The van der Waals surface area contributed by atoms with Crippen molar-refractivity contribution in [3.8, 4) is 0 Å². The molecule has 1 saturated carbocycles. The van der Waals surface area contributed by atoms with Gasteiger partial charge in [0.15, 0.2) is 0 Å². The number of hydrogen-bond acceptors (Lipinski definition) is 5. The molecule has 0 radical (unpaired) electrons. The molecule has 0 bridgehead atoms. The van der Waals surface area contributed by atoms with Crippen LogP contribution in [0.5, 0.6) is 0 Å². The van der Waals surface area contributed by atoms with Crippen molar-refractivity contribution in [2.75, 3.05) is 16.9 Å². The molecule has 1 heterocycles. The summed E-state index contributed by atoms with van der Waals surface area (Å²) in [4.78, 5) is 11.8. The second-order valence-electron chi connectivity index (χ2n) is 6.11. The van der Waals surface area contributed by atoms with Crippen molar-refractivity contribution < 1.29 is 0 Å². The van der Waals surface area contributed by atoms with Gasteiger partial charge in [-0.15, -0.1) is 0 Å². The van der Waals surface area contributed by atoms with Crippen LogP contribution in [0.3, 0.4) is 0 Å². The Morgan fingerprint density at radius 2 is 2.05 bits per heavy atom. The molecule has 2 rings (SSSR count). The van der Waals surface area contributed by atoms with Crippen LogP contribution in [0, 0.1) is 12.8 Å². The minimum absolute atomic E-state index is 0.619. The Bertz CT molecular complexity index is 454. The van der Waals surface area contributed by atoms with Gasteiger partial charge in [-0.1, -0.05) is 20.8 Å². The van der Waals surface area contributed by atoms with Crippen LogP contribution in [0.2, 0.25) is 0 Å². The average Bonchev–Trinajstić information content (AvgIpc) is 3.22. The number of hydrogen-bond donors (Lipinski definition) is 2. The first-order valence-corrected chi connectivity index (χ1v) is 7.67. The molecule has 1 aromatic heterocycles. The zero-order valence-electron chi connectivity index (χ0n) is 13.1. The number of nitrogens with two attached hydrogens (primary N) is 1. The standard InChI is InChI=1S/C15H27N5/c1-5-6-13-17-14(19-16)11(4)15(18-13)20(9-10(2)3)12-7-8-12/h10,12H,5-9,16H2,1-4H3,(H,17,18,19). The molecule has 0 saturated heterocycles. The van der Waals surface area contributed by atoms with Crippen LogP contribution >= 0.6 is 0 Å². The molecule has 0 aromatic carbocycles. The Kier molecular flexibility index (Phi) is 4.81. The maximum Gasteiger partial charge on any atom is 0.148 e. The Hall–Kier alpha value is -1.36. The molecule has 0 aliphatic heterocycles. The van der Waals surface area contributed by atoms with Crippen LogP contribution in [0.1, 0.15) is 51.4 Å². The number of aryl methyl sites for hydroxylation is 1. The second-order valence-corrected chi connectivity index (χ2v) is 6.11. The molecule has 0 atom stereocenters. The highest BCUT2D eigenvalue weighted by Crippen LogP contribution is 2.34. The third-order valence-corrected chi connectivity index (χ3v) is 3.60. The Balaban J connectivity index is 2.38. The summed E-state index contributed by atoms with van der Waals surface area (Å²) < 4.78 is 0. The van der Waals surface area contributed by atoms with Crippen LogP contribution in [0.4, 0.5) is 11.6 Å². The lowest BCUT2D eigenvalue weighted by Gasteiger charge is -2.28. The lowest BCUT2D eigenvalue weighted by atomic mass is 10.2. The number of rotatable bonds is 7. The largest absolute Gasteiger partial charge is 0.353 e. The summed E-state index contributed by atoms with van der Waals surface area (Å²) in [6.45, 7) is 9.74. The number of nitrogens with zero attached hydrogens (tertiary/aromatic N) is 3. The van der Waals surface area contributed by atoms with E-state index in [4.69, 9.17) is 10.8 Å². The second kappa shape index (κ2) is 6.39. The average molecular weight is 277 g/mol. The molecule has 1 aromatic rings. The van der Waals surface area contributed by atoms with Gasteiger partial charge in [-0.3, -0.25) is 0 Å². The SMILES string of the molecule is CCCc1nc(NN)c(C)c(N(CC(C)C)C2CC2)n1. The minimum Gasteiger partial charge on any atom is -0.353 e. The van der Waals surface area contributed by atoms with Gasteiger partial charge in [0.2, 0.25) is 0 Å². The normalized spacial score (nSPS) is 14.7. The zero-order chi connectivity index (χ0) is 14.7. The maximum absolute atomic E-state index is 5.62. The fourth-order valence-electron chi connectivity index (χ4n) is 2.49. The van der Waals surface area contributed by atoms with E-state index in [0.29, 0.717) is 12.0 Å². The van der Waals surface area contributed by atoms with E-state index in [-0.39, 0.29) is 0 Å². The molecular formula is C15H27N5. The van der Waals surface area contributed by atoms with Gasteiger partial charge in [0.1, 0.15) is 17.5 Å². The maximum atomic E-state index is 5.62. The molecule has 1 aliphatic rings. The van der Waals surface area contributed by atoms with Gasteiger partial charge >= 0.3 is 0 Å². The fourth-order valence-corrected chi connectivity index (χ4v) is 2.49. The number of aromatic nitrogens is 2. The molecule has 1 aliphatic carbocycles. The molecule has 112 valence electrons. The number of nitrogen functional groups attached to an aromatic ring is 1. The van der Waals surface area contributed by atoms with Gasteiger partial charge in [-0.2, -0.15) is 0 Å². The molecule has 0 amide bonds. The quantitative estimate of drug-likeness (QED) is 0.592. The van der Waals surface area contributed by atoms with Gasteiger partial charge < -0.3 is 10.3 Å². The van der Waals surface area contributed by atoms with Gasteiger partial charge in [-0.25, -0.2) is 15.8 Å². The van der Waals surface area contributed by atoms with Gasteiger partial charge in [-0.05, 0) is 32.1 Å². The molecule has 5 nitrogen and oxygen atoms in total. The van der Waals surface area contributed by atoms with Crippen molar-refractivity contribution in [2.24, 2.45) is 11.8 Å².